The molecule has 0 spiro atoms. The van der Waals surface area contributed by atoms with Crippen LogP contribution in [0.3, 0.4) is 0 Å². The standard InChI is InChI=1S/C35H52FN5O5S/c1-23-29(47-22-39-23)24-12-13-25(28(18-24)46-17-11-9-7-5-6-8-10-16-37)20-38-31(43)27-19-26(42)21-41(27)32(44)30(34(2,3)4)40-33(45)35(36)14-15-35/h12-13,18,22,26-27,30,42H,5-11,14-17,19-21,37H2,1-4H3,(H,38,43)(H,40,45)/t26-,27+,30-/m1/s1. The molecule has 10 nitrogen and oxygen atoms in total. The van der Waals surface area contributed by atoms with Gasteiger partial charge >= 0.3 is 0 Å². The molecule has 5 N–H and O–H groups in total. The van der Waals surface area contributed by atoms with Crippen LogP contribution in [0.25, 0.3) is 10.4 Å². The van der Waals surface area contributed by atoms with Gasteiger partial charge in [-0.2, -0.15) is 0 Å². The topological polar surface area (TPSA) is 147 Å². The van der Waals surface area contributed by atoms with Crippen LogP contribution in [0.2, 0.25) is 0 Å². The number of ether oxygens (including phenoxy) is 1. The molecule has 12 heteroatoms. The van der Waals surface area contributed by atoms with Gasteiger partial charge in [0.15, 0.2) is 5.67 Å². The van der Waals surface area contributed by atoms with E-state index >= 15 is 0 Å². The van der Waals surface area contributed by atoms with E-state index in [1.165, 1.54) is 24.2 Å². The van der Waals surface area contributed by atoms with Crippen LogP contribution >= 0.6 is 11.3 Å². The number of aryl methyl sites for hydroxylation is 1. The number of likely N-dealkylation sites (tertiary alicyclic amines) is 1. The van der Waals surface area contributed by atoms with Crippen molar-refractivity contribution in [1.82, 2.24) is 20.5 Å². The molecule has 0 unspecified atom stereocenters. The summed E-state index contributed by atoms with van der Waals surface area (Å²) in [7, 11) is 0. The predicted octanol–water partition coefficient (Wildman–Crippen LogP) is 4.80. The number of rotatable bonds is 17. The number of benzene rings is 1. The van der Waals surface area contributed by atoms with E-state index in [-0.39, 0.29) is 32.4 Å². The van der Waals surface area contributed by atoms with Crippen molar-refractivity contribution in [2.75, 3.05) is 19.7 Å². The fourth-order valence-electron chi connectivity index (χ4n) is 5.89. The maximum absolute atomic E-state index is 14.5. The number of aliphatic hydroxyl groups excluding tert-OH is 1. The molecular formula is C35H52FN5O5S. The molecule has 0 bridgehead atoms. The molecule has 4 rings (SSSR count). The van der Waals surface area contributed by atoms with Gasteiger partial charge in [-0.25, -0.2) is 9.37 Å². The number of thiazole rings is 1. The zero-order valence-electron chi connectivity index (χ0n) is 28.3. The smallest absolute Gasteiger partial charge is 0.258 e. The van der Waals surface area contributed by atoms with Gasteiger partial charge in [0.1, 0.15) is 17.8 Å². The van der Waals surface area contributed by atoms with Crippen molar-refractivity contribution in [2.24, 2.45) is 11.1 Å². The van der Waals surface area contributed by atoms with E-state index in [4.69, 9.17) is 10.5 Å². The summed E-state index contributed by atoms with van der Waals surface area (Å²) in [4.78, 5) is 46.6. The molecule has 1 saturated heterocycles. The van der Waals surface area contributed by atoms with Gasteiger partial charge in [0.05, 0.1) is 28.8 Å². The number of hydrogen-bond donors (Lipinski definition) is 4. The van der Waals surface area contributed by atoms with Crippen molar-refractivity contribution >= 4 is 29.1 Å². The summed E-state index contributed by atoms with van der Waals surface area (Å²) in [5.74, 6) is -1.06. The average Bonchev–Trinajstić information content (AvgIpc) is 3.44. The number of aliphatic hydroxyl groups is 1. The van der Waals surface area contributed by atoms with Gasteiger partial charge in [0, 0.05) is 25.1 Å². The van der Waals surface area contributed by atoms with Gasteiger partial charge in [0.25, 0.3) is 5.91 Å². The lowest BCUT2D eigenvalue weighted by molar-refractivity contribution is -0.145. The van der Waals surface area contributed by atoms with Gasteiger partial charge in [-0.15, -0.1) is 11.3 Å². The van der Waals surface area contributed by atoms with Crippen LogP contribution in [0, 0.1) is 12.3 Å². The van der Waals surface area contributed by atoms with Crippen LogP contribution in [0.15, 0.2) is 23.7 Å². The van der Waals surface area contributed by atoms with E-state index in [1.54, 1.807) is 32.1 Å². The number of nitrogens with zero attached hydrogens (tertiary/aromatic N) is 2. The summed E-state index contributed by atoms with van der Waals surface area (Å²) < 4.78 is 20.8. The van der Waals surface area contributed by atoms with Crippen LogP contribution in [-0.4, -0.2) is 76.3 Å². The monoisotopic (exact) mass is 673 g/mol. The van der Waals surface area contributed by atoms with E-state index in [1.807, 2.05) is 30.6 Å². The Morgan fingerprint density at radius 1 is 1.15 bits per heavy atom. The highest BCUT2D eigenvalue weighted by Crippen LogP contribution is 2.40. The minimum atomic E-state index is -1.94. The van der Waals surface area contributed by atoms with Gasteiger partial charge in [-0.05, 0) is 56.2 Å². The van der Waals surface area contributed by atoms with E-state index in [9.17, 15) is 23.9 Å². The van der Waals surface area contributed by atoms with Crippen molar-refractivity contribution in [3.05, 3.63) is 35.0 Å². The van der Waals surface area contributed by atoms with Gasteiger partial charge < -0.3 is 31.1 Å². The van der Waals surface area contributed by atoms with Gasteiger partial charge in [-0.1, -0.05) is 65.0 Å². The number of alkyl halides is 1. The lowest BCUT2D eigenvalue weighted by Crippen LogP contribution is -2.59. The van der Waals surface area contributed by atoms with Crippen molar-refractivity contribution in [3.63, 3.8) is 0 Å². The zero-order chi connectivity index (χ0) is 34.2. The number of hydrogen-bond acceptors (Lipinski definition) is 8. The lowest BCUT2D eigenvalue weighted by Gasteiger charge is -2.35. The minimum absolute atomic E-state index is 0.0512. The Balaban J connectivity index is 1.41. The van der Waals surface area contributed by atoms with Crippen molar-refractivity contribution in [3.8, 4) is 16.2 Å². The molecule has 1 aromatic carbocycles. The Hall–Kier alpha value is -3.09. The van der Waals surface area contributed by atoms with Crippen molar-refractivity contribution in [2.45, 2.75) is 122 Å². The Labute approximate surface area is 282 Å². The molecule has 47 heavy (non-hydrogen) atoms. The molecule has 1 saturated carbocycles. The molecule has 1 aliphatic heterocycles. The Kier molecular flexibility index (Phi) is 12.8. The van der Waals surface area contributed by atoms with Crippen LogP contribution in [0.4, 0.5) is 4.39 Å². The maximum atomic E-state index is 14.5. The number of carbonyl (C=O) groups excluding carboxylic acids is 3. The fraction of sp³-hybridized carbons (Fsp3) is 0.657. The van der Waals surface area contributed by atoms with Crippen LogP contribution in [-0.2, 0) is 20.9 Å². The molecule has 3 amide bonds. The molecule has 2 aliphatic rings. The lowest BCUT2D eigenvalue weighted by atomic mass is 9.85. The first-order valence-corrected chi connectivity index (χ1v) is 17.8. The Morgan fingerprint density at radius 3 is 2.45 bits per heavy atom. The Morgan fingerprint density at radius 2 is 1.83 bits per heavy atom. The predicted molar refractivity (Wildman–Crippen MR) is 182 cm³/mol. The quantitative estimate of drug-likeness (QED) is 0.177. The fourth-order valence-corrected chi connectivity index (χ4v) is 6.69. The summed E-state index contributed by atoms with van der Waals surface area (Å²) >= 11 is 1.56. The molecule has 0 radical (unpaired) electrons. The molecule has 3 atom stereocenters. The van der Waals surface area contributed by atoms with Crippen LogP contribution in [0.5, 0.6) is 5.75 Å². The third-order valence-corrected chi connectivity index (χ3v) is 9.96. The molecule has 260 valence electrons. The molecular weight excluding hydrogens is 621 g/mol. The number of unbranched alkanes of at least 4 members (excludes halogenated alkanes) is 6. The maximum Gasteiger partial charge on any atom is 0.258 e. The first kappa shape index (κ1) is 36.7. The highest BCUT2D eigenvalue weighted by molar-refractivity contribution is 7.13. The second kappa shape index (κ2) is 16.3. The van der Waals surface area contributed by atoms with Crippen LogP contribution < -0.4 is 21.1 Å². The number of nitrogens with two attached hydrogens (primary N) is 1. The number of nitrogens with one attached hydrogen (secondary N) is 2. The highest BCUT2D eigenvalue weighted by Gasteiger charge is 2.53. The summed E-state index contributed by atoms with van der Waals surface area (Å²) in [6, 6.07) is 3.91. The molecule has 2 fully saturated rings. The first-order valence-electron chi connectivity index (χ1n) is 17.0. The minimum Gasteiger partial charge on any atom is -0.493 e. The van der Waals surface area contributed by atoms with E-state index in [0.717, 1.165) is 53.9 Å². The molecule has 1 aliphatic carbocycles. The first-order chi connectivity index (χ1) is 22.3. The number of amides is 3. The summed E-state index contributed by atoms with van der Waals surface area (Å²) in [5.41, 5.74) is 7.42. The largest absolute Gasteiger partial charge is 0.493 e. The molecule has 2 heterocycles. The normalized spacial score (nSPS) is 19.3. The second-order valence-electron chi connectivity index (χ2n) is 14.1. The van der Waals surface area contributed by atoms with E-state index in [0.29, 0.717) is 12.4 Å². The van der Waals surface area contributed by atoms with Crippen molar-refractivity contribution in [1.29, 1.82) is 0 Å². The SMILES string of the molecule is Cc1ncsc1-c1ccc(CNC(=O)[C@@H]2C[C@@H](O)CN2C(=O)[C@@H](NC(=O)C2(F)CC2)C(C)(C)C)c(OCCCCCCCCCN)c1. The number of halogens is 1. The zero-order valence-corrected chi connectivity index (χ0v) is 29.1. The average molecular weight is 674 g/mol. The third-order valence-electron chi connectivity index (χ3n) is 8.98. The molecule has 2 aromatic rings. The second-order valence-corrected chi connectivity index (χ2v) is 14.9. The number of β-amino-alcohol motifs (C(OH)–C–C–N with tert-alkyl or cyclic N) is 1. The summed E-state index contributed by atoms with van der Waals surface area (Å²) in [6.07, 6.45) is 7.18. The third kappa shape index (κ3) is 9.96. The number of aromatic nitrogens is 1. The van der Waals surface area contributed by atoms with Gasteiger partial charge in [-0.3, -0.25) is 14.4 Å². The van der Waals surface area contributed by atoms with Gasteiger partial charge in [0.2, 0.25) is 11.8 Å². The number of carbonyl (C=O) groups is 3. The van der Waals surface area contributed by atoms with Crippen molar-refractivity contribution < 1.29 is 28.6 Å². The van der Waals surface area contributed by atoms with E-state index < -0.39 is 47.0 Å². The van der Waals surface area contributed by atoms with Crippen LogP contribution in [0.1, 0.15) is 96.2 Å². The van der Waals surface area contributed by atoms with E-state index in [2.05, 4.69) is 15.6 Å². The highest BCUT2D eigenvalue weighted by atomic mass is 32.1. The molecule has 1 aromatic heterocycles. The Bertz CT molecular complexity index is 1370. The summed E-state index contributed by atoms with van der Waals surface area (Å²) in [5, 5.41) is 16.1. The summed E-state index contributed by atoms with van der Waals surface area (Å²) in [6.45, 7) is 8.70.